The zero-order valence-corrected chi connectivity index (χ0v) is 15.5. The van der Waals surface area contributed by atoms with E-state index in [4.69, 9.17) is 4.52 Å². The van der Waals surface area contributed by atoms with Gasteiger partial charge in [-0.05, 0) is 38.3 Å². The van der Waals surface area contributed by atoms with Gasteiger partial charge in [0.1, 0.15) is 12.6 Å². The van der Waals surface area contributed by atoms with Crippen LogP contribution in [0.1, 0.15) is 30.8 Å². The van der Waals surface area contributed by atoms with E-state index in [0.29, 0.717) is 35.9 Å². The minimum absolute atomic E-state index is 0.166. The monoisotopic (exact) mass is 383 g/mol. The van der Waals surface area contributed by atoms with Crippen LogP contribution in [-0.2, 0) is 11.3 Å². The number of aliphatic hydroxyl groups is 1. The van der Waals surface area contributed by atoms with Crippen molar-refractivity contribution < 1.29 is 14.4 Å². The molecule has 3 aromatic rings. The van der Waals surface area contributed by atoms with Gasteiger partial charge in [0, 0.05) is 24.0 Å². The van der Waals surface area contributed by atoms with E-state index in [1.165, 1.54) is 0 Å². The first kappa shape index (κ1) is 18.2. The van der Waals surface area contributed by atoms with E-state index in [0.717, 1.165) is 18.5 Å². The minimum atomic E-state index is -0.968. The Morgan fingerprint density at radius 3 is 2.96 bits per heavy atom. The number of aliphatic hydroxyl groups excluding tert-OH is 1. The molecule has 4 rings (SSSR count). The van der Waals surface area contributed by atoms with Crippen molar-refractivity contribution in [2.24, 2.45) is 0 Å². The van der Waals surface area contributed by atoms with Crippen molar-refractivity contribution in [2.45, 2.75) is 38.8 Å². The number of amides is 1. The number of hydrogen-bond donors (Lipinski definition) is 2. The molecular formula is C19H21N5O4. The molecule has 3 heterocycles. The molecule has 9 heteroatoms. The Kier molecular flexibility index (Phi) is 4.82. The van der Waals surface area contributed by atoms with Crippen LogP contribution >= 0.6 is 0 Å². The quantitative estimate of drug-likeness (QED) is 0.703. The van der Waals surface area contributed by atoms with E-state index < -0.39 is 6.10 Å². The number of nitrogens with one attached hydrogen (secondary N) is 1. The number of H-pyrrole nitrogens is 1. The predicted molar refractivity (Wildman–Crippen MR) is 99.7 cm³/mol. The third-order valence-electron chi connectivity index (χ3n) is 4.87. The molecule has 28 heavy (non-hydrogen) atoms. The number of imidazole rings is 1. The van der Waals surface area contributed by atoms with Crippen molar-refractivity contribution in [3.05, 3.63) is 52.5 Å². The van der Waals surface area contributed by atoms with Crippen LogP contribution in [-0.4, -0.2) is 48.3 Å². The van der Waals surface area contributed by atoms with Crippen LogP contribution < -0.4 is 5.69 Å². The third kappa shape index (κ3) is 3.48. The number of benzene rings is 1. The molecule has 1 fully saturated rings. The molecule has 1 saturated heterocycles. The summed E-state index contributed by atoms with van der Waals surface area (Å²) in [5.74, 6) is 0.375. The molecule has 1 amide bonds. The lowest BCUT2D eigenvalue weighted by molar-refractivity contribution is -0.140. The van der Waals surface area contributed by atoms with Gasteiger partial charge >= 0.3 is 5.69 Å². The molecule has 0 saturated carbocycles. The second-order valence-electron chi connectivity index (χ2n) is 6.90. The Morgan fingerprint density at radius 2 is 2.18 bits per heavy atom. The lowest BCUT2D eigenvalue weighted by Gasteiger charge is -2.19. The maximum absolute atomic E-state index is 12.2. The molecule has 0 bridgehead atoms. The highest BCUT2D eigenvalue weighted by Crippen LogP contribution is 2.21. The summed E-state index contributed by atoms with van der Waals surface area (Å²) in [7, 11) is 0. The van der Waals surface area contributed by atoms with Crippen LogP contribution in [0.3, 0.4) is 0 Å². The Labute approximate surface area is 160 Å². The number of rotatable bonds is 4. The van der Waals surface area contributed by atoms with Gasteiger partial charge in [-0.3, -0.25) is 9.36 Å². The fraction of sp³-hybridized carbons (Fsp3) is 0.368. The molecule has 146 valence electrons. The first-order valence-electron chi connectivity index (χ1n) is 9.20. The SMILES string of the molecule is Cc1c[nH]c(=O)n1-c1cccc(-c2noc(CN3CCCCC(O)C3=O)n2)c1. The van der Waals surface area contributed by atoms with Crippen LogP contribution in [0.4, 0.5) is 0 Å². The van der Waals surface area contributed by atoms with Crippen molar-refractivity contribution >= 4 is 5.91 Å². The molecular weight excluding hydrogens is 362 g/mol. The number of carbonyl (C=O) groups is 1. The van der Waals surface area contributed by atoms with E-state index in [1.807, 2.05) is 25.1 Å². The Hall–Kier alpha value is -3.20. The fourth-order valence-electron chi connectivity index (χ4n) is 3.40. The molecule has 1 atom stereocenters. The Balaban J connectivity index is 1.57. The molecule has 0 radical (unpaired) electrons. The van der Waals surface area contributed by atoms with Crippen molar-refractivity contribution in [1.29, 1.82) is 0 Å². The van der Waals surface area contributed by atoms with Gasteiger partial charge in [-0.1, -0.05) is 17.3 Å². The maximum Gasteiger partial charge on any atom is 0.330 e. The lowest BCUT2D eigenvalue weighted by Crippen LogP contribution is -2.37. The van der Waals surface area contributed by atoms with Gasteiger partial charge in [-0.15, -0.1) is 0 Å². The van der Waals surface area contributed by atoms with Gasteiger partial charge in [-0.2, -0.15) is 4.98 Å². The topological polar surface area (TPSA) is 117 Å². The first-order valence-corrected chi connectivity index (χ1v) is 9.20. The summed E-state index contributed by atoms with van der Waals surface area (Å²) in [6, 6.07) is 7.27. The van der Waals surface area contributed by atoms with Crippen LogP contribution in [0.15, 0.2) is 39.8 Å². The summed E-state index contributed by atoms with van der Waals surface area (Å²) in [6.07, 6.45) is 2.80. The Bertz CT molecular complexity index is 1050. The van der Waals surface area contributed by atoms with E-state index in [-0.39, 0.29) is 18.1 Å². The highest BCUT2D eigenvalue weighted by molar-refractivity contribution is 5.80. The lowest BCUT2D eigenvalue weighted by atomic mass is 10.2. The molecule has 2 N–H and O–H groups in total. The van der Waals surface area contributed by atoms with Crippen LogP contribution in [0.5, 0.6) is 0 Å². The van der Waals surface area contributed by atoms with Gasteiger partial charge in [0.25, 0.3) is 5.91 Å². The molecule has 1 aliphatic heterocycles. The van der Waals surface area contributed by atoms with Crippen LogP contribution in [0, 0.1) is 6.92 Å². The average Bonchev–Trinajstić information content (AvgIpc) is 3.25. The molecule has 2 aromatic heterocycles. The van der Waals surface area contributed by atoms with Gasteiger partial charge in [0.15, 0.2) is 0 Å². The van der Waals surface area contributed by atoms with Gasteiger partial charge < -0.3 is 19.5 Å². The number of carbonyl (C=O) groups excluding carboxylic acids is 1. The van der Waals surface area contributed by atoms with Crippen molar-refractivity contribution in [2.75, 3.05) is 6.54 Å². The summed E-state index contributed by atoms with van der Waals surface area (Å²) in [5, 5.41) is 13.9. The summed E-state index contributed by atoms with van der Waals surface area (Å²) in [5.41, 5.74) is 1.96. The smallest absolute Gasteiger partial charge is 0.330 e. The largest absolute Gasteiger partial charge is 0.383 e. The average molecular weight is 383 g/mol. The fourth-order valence-corrected chi connectivity index (χ4v) is 3.40. The normalized spacial score (nSPS) is 17.7. The predicted octanol–water partition coefficient (Wildman–Crippen LogP) is 1.40. The highest BCUT2D eigenvalue weighted by atomic mass is 16.5. The molecule has 0 aliphatic carbocycles. The third-order valence-corrected chi connectivity index (χ3v) is 4.87. The summed E-state index contributed by atoms with van der Waals surface area (Å²) in [4.78, 5) is 32.8. The zero-order chi connectivity index (χ0) is 19.7. The van der Waals surface area contributed by atoms with E-state index >= 15 is 0 Å². The number of nitrogens with zero attached hydrogens (tertiary/aromatic N) is 4. The van der Waals surface area contributed by atoms with Gasteiger partial charge in [-0.25, -0.2) is 4.79 Å². The Morgan fingerprint density at radius 1 is 1.32 bits per heavy atom. The van der Waals surface area contributed by atoms with Crippen molar-refractivity contribution in [3.63, 3.8) is 0 Å². The number of aromatic amines is 1. The molecule has 1 aromatic carbocycles. The standard InChI is InChI=1S/C19H21N5O4/c1-12-10-20-19(27)24(12)14-6-4-5-13(9-14)17-21-16(28-22-17)11-23-8-3-2-7-15(25)18(23)26/h4-6,9-10,15,25H,2-3,7-8,11H2,1H3,(H,20,27). The molecule has 9 nitrogen and oxygen atoms in total. The second-order valence-corrected chi connectivity index (χ2v) is 6.90. The number of aromatic nitrogens is 4. The second kappa shape index (κ2) is 7.43. The number of likely N-dealkylation sites (tertiary alicyclic amines) is 1. The summed E-state index contributed by atoms with van der Waals surface area (Å²) < 4.78 is 6.87. The number of aryl methyl sites for hydroxylation is 1. The minimum Gasteiger partial charge on any atom is -0.383 e. The summed E-state index contributed by atoms with van der Waals surface area (Å²) >= 11 is 0. The van der Waals surface area contributed by atoms with Crippen LogP contribution in [0.25, 0.3) is 17.1 Å². The maximum atomic E-state index is 12.2. The van der Waals surface area contributed by atoms with Crippen molar-refractivity contribution in [3.8, 4) is 17.1 Å². The van der Waals surface area contributed by atoms with Crippen molar-refractivity contribution in [1.82, 2.24) is 24.6 Å². The molecule has 1 unspecified atom stereocenters. The van der Waals surface area contributed by atoms with Gasteiger partial charge in [0.05, 0.1) is 5.69 Å². The van der Waals surface area contributed by atoms with Crippen LogP contribution in [0.2, 0.25) is 0 Å². The first-order chi connectivity index (χ1) is 13.5. The zero-order valence-electron chi connectivity index (χ0n) is 15.5. The van der Waals surface area contributed by atoms with Gasteiger partial charge in [0.2, 0.25) is 11.7 Å². The number of hydrogen-bond acceptors (Lipinski definition) is 6. The van der Waals surface area contributed by atoms with E-state index in [1.54, 1.807) is 21.7 Å². The molecule has 0 spiro atoms. The van der Waals surface area contributed by atoms with E-state index in [2.05, 4.69) is 15.1 Å². The summed E-state index contributed by atoms with van der Waals surface area (Å²) in [6.45, 7) is 2.56. The van der Waals surface area contributed by atoms with E-state index in [9.17, 15) is 14.7 Å². The molecule has 1 aliphatic rings. The highest BCUT2D eigenvalue weighted by Gasteiger charge is 2.26.